The Bertz CT molecular complexity index is 109. The van der Waals surface area contributed by atoms with Crippen LogP contribution in [0.3, 0.4) is 0 Å². The highest BCUT2D eigenvalue weighted by Crippen LogP contribution is 2.04. The standard InChI is InChI=1S/C13H29NOS/c1-3-5-7-12-16-13-9-14-8-11-15-10-6-4-2/h14H,3-13H2,1-2H3. The van der Waals surface area contributed by atoms with Crippen molar-refractivity contribution in [3.05, 3.63) is 0 Å². The first-order valence-electron chi connectivity index (χ1n) is 6.78. The molecule has 0 saturated heterocycles. The zero-order valence-corrected chi connectivity index (χ0v) is 11.9. The number of nitrogens with one attached hydrogen (secondary N) is 1. The second-order valence-electron chi connectivity index (χ2n) is 4.04. The first-order chi connectivity index (χ1) is 7.91. The van der Waals surface area contributed by atoms with Gasteiger partial charge in [0.1, 0.15) is 0 Å². The van der Waals surface area contributed by atoms with E-state index in [1.54, 1.807) is 0 Å². The lowest BCUT2D eigenvalue weighted by Crippen LogP contribution is -2.22. The van der Waals surface area contributed by atoms with Gasteiger partial charge in [-0.05, 0) is 18.6 Å². The van der Waals surface area contributed by atoms with E-state index < -0.39 is 0 Å². The Morgan fingerprint density at radius 3 is 2.44 bits per heavy atom. The van der Waals surface area contributed by atoms with E-state index in [4.69, 9.17) is 4.74 Å². The van der Waals surface area contributed by atoms with Crippen LogP contribution in [0.2, 0.25) is 0 Å². The van der Waals surface area contributed by atoms with Gasteiger partial charge in [-0.2, -0.15) is 11.8 Å². The van der Waals surface area contributed by atoms with Crippen molar-refractivity contribution in [3.63, 3.8) is 0 Å². The summed E-state index contributed by atoms with van der Waals surface area (Å²) in [6.45, 7) is 8.35. The van der Waals surface area contributed by atoms with Crippen molar-refractivity contribution in [1.29, 1.82) is 0 Å². The largest absolute Gasteiger partial charge is 0.380 e. The molecule has 0 aliphatic heterocycles. The highest BCUT2D eigenvalue weighted by molar-refractivity contribution is 7.99. The van der Waals surface area contributed by atoms with Crippen LogP contribution in [-0.2, 0) is 4.74 Å². The van der Waals surface area contributed by atoms with Crippen molar-refractivity contribution in [1.82, 2.24) is 5.32 Å². The molecule has 3 heteroatoms. The maximum atomic E-state index is 5.46. The van der Waals surface area contributed by atoms with E-state index in [1.165, 1.54) is 43.6 Å². The molecule has 0 rings (SSSR count). The van der Waals surface area contributed by atoms with Crippen LogP contribution in [0.25, 0.3) is 0 Å². The van der Waals surface area contributed by atoms with E-state index in [-0.39, 0.29) is 0 Å². The zero-order chi connectivity index (χ0) is 11.9. The van der Waals surface area contributed by atoms with Gasteiger partial charge in [-0.25, -0.2) is 0 Å². The van der Waals surface area contributed by atoms with E-state index in [0.29, 0.717) is 0 Å². The molecular weight excluding hydrogens is 218 g/mol. The second kappa shape index (κ2) is 15.3. The Hall–Kier alpha value is 0.270. The fourth-order valence-electron chi connectivity index (χ4n) is 1.32. The summed E-state index contributed by atoms with van der Waals surface area (Å²) in [4.78, 5) is 0. The molecule has 0 fully saturated rings. The summed E-state index contributed by atoms with van der Waals surface area (Å²) >= 11 is 2.06. The van der Waals surface area contributed by atoms with Gasteiger partial charge >= 0.3 is 0 Å². The van der Waals surface area contributed by atoms with Crippen molar-refractivity contribution in [2.45, 2.75) is 46.0 Å². The fourth-order valence-corrected chi connectivity index (χ4v) is 2.22. The average Bonchev–Trinajstić information content (AvgIpc) is 2.31. The van der Waals surface area contributed by atoms with Gasteiger partial charge in [0.15, 0.2) is 0 Å². The SMILES string of the molecule is CCCCCSCCNCCOCCCC. The lowest BCUT2D eigenvalue weighted by atomic mass is 10.3. The van der Waals surface area contributed by atoms with Crippen LogP contribution in [0.15, 0.2) is 0 Å². The van der Waals surface area contributed by atoms with Crippen LogP contribution in [0.1, 0.15) is 46.0 Å². The van der Waals surface area contributed by atoms with Gasteiger partial charge in [-0.3, -0.25) is 0 Å². The molecule has 98 valence electrons. The molecule has 0 aromatic carbocycles. The average molecular weight is 247 g/mol. The summed E-state index contributed by atoms with van der Waals surface area (Å²) in [6, 6.07) is 0. The molecule has 16 heavy (non-hydrogen) atoms. The molecule has 0 aliphatic carbocycles. The molecule has 0 saturated carbocycles. The summed E-state index contributed by atoms with van der Waals surface area (Å²) in [5.41, 5.74) is 0. The quantitative estimate of drug-likeness (QED) is 0.505. The van der Waals surface area contributed by atoms with E-state index in [1.807, 2.05) is 0 Å². The van der Waals surface area contributed by atoms with Crippen molar-refractivity contribution in [2.75, 3.05) is 37.8 Å². The molecule has 0 aromatic rings. The van der Waals surface area contributed by atoms with Crippen molar-refractivity contribution < 1.29 is 4.74 Å². The Labute approximate surface area is 106 Å². The number of ether oxygens (including phenoxy) is 1. The molecule has 0 heterocycles. The summed E-state index contributed by atoms with van der Waals surface area (Å²) in [7, 11) is 0. The molecule has 2 nitrogen and oxygen atoms in total. The van der Waals surface area contributed by atoms with Crippen molar-refractivity contribution >= 4 is 11.8 Å². The number of unbranched alkanes of at least 4 members (excludes halogenated alkanes) is 3. The van der Waals surface area contributed by atoms with Crippen molar-refractivity contribution in [3.8, 4) is 0 Å². The minimum atomic E-state index is 0.862. The van der Waals surface area contributed by atoms with Crippen LogP contribution in [0.4, 0.5) is 0 Å². The van der Waals surface area contributed by atoms with Gasteiger partial charge in [0.05, 0.1) is 6.61 Å². The van der Waals surface area contributed by atoms with Crippen LogP contribution in [0, 0.1) is 0 Å². The van der Waals surface area contributed by atoms with Gasteiger partial charge in [0.2, 0.25) is 0 Å². The fraction of sp³-hybridized carbons (Fsp3) is 1.00. The third kappa shape index (κ3) is 14.3. The summed E-state index contributed by atoms with van der Waals surface area (Å²) in [5, 5.41) is 3.41. The second-order valence-corrected chi connectivity index (χ2v) is 5.26. The molecule has 0 spiro atoms. The molecule has 1 N–H and O–H groups in total. The molecule has 0 aliphatic rings. The van der Waals surface area contributed by atoms with Crippen LogP contribution in [0.5, 0.6) is 0 Å². The van der Waals surface area contributed by atoms with E-state index in [0.717, 1.165) is 26.3 Å². The molecular formula is C13H29NOS. The van der Waals surface area contributed by atoms with E-state index in [9.17, 15) is 0 Å². The number of thioether (sulfide) groups is 1. The normalized spacial score (nSPS) is 10.9. The highest BCUT2D eigenvalue weighted by atomic mass is 32.2. The van der Waals surface area contributed by atoms with Gasteiger partial charge in [-0.15, -0.1) is 0 Å². The number of hydrogen-bond acceptors (Lipinski definition) is 3. The smallest absolute Gasteiger partial charge is 0.0590 e. The third-order valence-corrected chi connectivity index (χ3v) is 3.45. The van der Waals surface area contributed by atoms with Gasteiger partial charge < -0.3 is 10.1 Å². The number of rotatable bonds is 13. The Morgan fingerprint density at radius 2 is 1.69 bits per heavy atom. The molecule has 0 bridgehead atoms. The topological polar surface area (TPSA) is 21.3 Å². The third-order valence-electron chi connectivity index (χ3n) is 2.38. The first kappa shape index (κ1) is 16.3. The highest BCUT2D eigenvalue weighted by Gasteiger charge is 1.91. The molecule has 0 atom stereocenters. The summed E-state index contributed by atoms with van der Waals surface area (Å²) in [5.74, 6) is 2.56. The molecule has 0 aromatic heterocycles. The molecule has 0 radical (unpaired) electrons. The maximum Gasteiger partial charge on any atom is 0.0590 e. The predicted molar refractivity (Wildman–Crippen MR) is 75.4 cm³/mol. The van der Waals surface area contributed by atoms with Crippen LogP contribution >= 0.6 is 11.8 Å². The molecule has 0 amide bonds. The predicted octanol–water partition coefficient (Wildman–Crippen LogP) is 3.32. The lowest BCUT2D eigenvalue weighted by Gasteiger charge is -2.05. The monoisotopic (exact) mass is 247 g/mol. The Morgan fingerprint density at radius 1 is 0.875 bits per heavy atom. The summed E-state index contributed by atoms with van der Waals surface area (Å²) < 4.78 is 5.46. The van der Waals surface area contributed by atoms with E-state index >= 15 is 0 Å². The van der Waals surface area contributed by atoms with Crippen molar-refractivity contribution in [2.24, 2.45) is 0 Å². The molecule has 0 unspecified atom stereocenters. The Balaban J connectivity index is 2.83. The van der Waals surface area contributed by atoms with Gasteiger partial charge in [0, 0.05) is 25.4 Å². The Kier molecular flexibility index (Phi) is 15.5. The minimum Gasteiger partial charge on any atom is -0.380 e. The van der Waals surface area contributed by atoms with Crippen LogP contribution in [-0.4, -0.2) is 37.8 Å². The minimum absolute atomic E-state index is 0.862. The number of hydrogen-bond donors (Lipinski definition) is 1. The zero-order valence-electron chi connectivity index (χ0n) is 11.1. The van der Waals surface area contributed by atoms with Gasteiger partial charge in [-0.1, -0.05) is 33.1 Å². The lowest BCUT2D eigenvalue weighted by molar-refractivity contribution is 0.133. The van der Waals surface area contributed by atoms with Gasteiger partial charge in [0.25, 0.3) is 0 Å². The summed E-state index contributed by atoms with van der Waals surface area (Å²) in [6.07, 6.45) is 6.50. The first-order valence-corrected chi connectivity index (χ1v) is 7.93. The van der Waals surface area contributed by atoms with E-state index in [2.05, 4.69) is 30.9 Å². The maximum absolute atomic E-state index is 5.46. The van der Waals surface area contributed by atoms with Crippen LogP contribution < -0.4 is 5.32 Å².